The highest BCUT2D eigenvalue weighted by atomic mass is 19.1. The van der Waals surface area contributed by atoms with Crippen LogP contribution in [0.15, 0.2) is 17.1 Å². The second-order valence-electron chi connectivity index (χ2n) is 6.20. The predicted molar refractivity (Wildman–Crippen MR) is 97.3 cm³/mol. The molecule has 1 saturated heterocycles. The van der Waals surface area contributed by atoms with E-state index in [-0.39, 0.29) is 23.4 Å². The number of esters is 1. The van der Waals surface area contributed by atoms with Gasteiger partial charge in [-0.1, -0.05) is 6.92 Å². The Kier molecular flexibility index (Phi) is 5.51. The van der Waals surface area contributed by atoms with Crippen LogP contribution >= 0.6 is 0 Å². The van der Waals surface area contributed by atoms with Gasteiger partial charge in [-0.2, -0.15) is 0 Å². The molecule has 8 heteroatoms. The minimum Gasteiger partial charge on any atom is -0.462 e. The van der Waals surface area contributed by atoms with Crippen molar-refractivity contribution in [1.29, 1.82) is 0 Å². The first-order chi connectivity index (χ1) is 12.6. The molecule has 0 amide bonds. The molecule has 26 heavy (non-hydrogen) atoms. The first kappa shape index (κ1) is 18.3. The molecule has 0 unspecified atom stereocenters. The smallest absolute Gasteiger partial charge is 0.343 e. The highest BCUT2D eigenvalue weighted by Gasteiger charge is 2.22. The van der Waals surface area contributed by atoms with Gasteiger partial charge >= 0.3 is 5.97 Å². The van der Waals surface area contributed by atoms with Crippen molar-refractivity contribution in [1.82, 2.24) is 14.9 Å². The number of anilines is 1. The van der Waals surface area contributed by atoms with Gasteiger partial charge in [0.25, 0.3) is 0 Å². The molecule has 1 fully saturated rings. The summed E-state index contributed by atoms with van der Waals surface area (Å²) in [7, 11) is 0. The van der Waals surface area contributed by atoms with Crippen molar-refractivity contribution < 1.29 is 13.9 Å². The lowest BCUT2D eigenvalue weighted by molar-refractivity contribution is 0.0503. The third-order valence-electron chi connectivity index (χ3n) is 4.40. The number of hydrogen-bond acceptors (Lipinski definition) is 6. The van der Waals surface area contributed by atoms with Crippen LogP contribution in [0.2, 0.25) is 0 Å². The minimum atomic E-state index is -0.687. The molecule has 2 aromatic rings. The molecule has 140 valence electrons. The molecule has 0 bridgehead atoms. The summed E-state index contributed by atoms with van der Waals surface area (Å²) >= 11 is 0. The fraction of sp³-hybridized carbons (Fsp3) is 0.500. The number of aromatic nitrogens is 2. The molecule has 1 N–H and O–H groups in total. The summed E-state index contributed by atoms with van der Waals surface area (Å²) in [6.07, 6.45) is 2.11. The normalized spacial score (nSPS) is 14.7. The molecule has 7 nitrogen and oxygen atoms in total. The lowest BCUT2D eigenvalue weighted by atomic mass is 10.2. The van der Waals surface area contributed by atoms with Gasteiger partial charge in [-0.3, -0.25) is 4.79 Å². The van der Waals surface area contributed by atoms with Crippen molar-refractivity contribution in [3.8, 4) is 0 Å². The van der Waals surface area contributed by atoms with Crippen LogP contribution in [0.3, 0.4) is 0 Å². The fourth-order valence-corrected chi connectivity index (χ4v) is 3.03. The number of hydrogen-bond donors (Lipinski definition) is 1. The van der Waals surface area contributed by atoms with Crippen molar-refractivity contribution in [3.63, 3.8) is 0 Å². The molecule has 1 aliphatic heterocycles. The van der Waals surface area contributed by atoms with E-state index in [1.807, 2.05) is 18.7 Å². The van der Waals surface area contributed by atoms with Gasteiger partial charge in [0, 0.05) is 38.9 Å². The summed E-state index contributed by atoms with van der Waals surface area (Å²) in [4.78, 5) is 31.2. The van der Waals surface area contributed by atoms with E-state index in [9.17, 15) is 14.0 Å². The largest absolute Gasteiger partial charge is 0.462 e. The van der Waals surface area contributed by atoms with Gasteiger partial charge < -0.3 is 19.5 Å². The van der Waals surface area contributed by atoms with Gasteiger partial charge in [-0.05, 0) is 19.4 Å². The maximum absolute atomic E-state index is 14.7. The Morgan fingerprint density at radius 2 is 2.08 bits per heavy atom. The number of carbonyl (C=O) groups is 1. The summed E-state index contributed by atoms with van der Waals surface area (Å²) in [5, 5.41) is 3.30. The summed E-state index contributed by atoms with van der Waals surface area (Å²) in [5.74, 6) is -1.01. The number of carbonyl (C=O) groups excluding carboxylic acids is 1. The zero-order chi connectivity index (χ0) is 18.7. The molecule has 0 saturated carbocycles. The lowest BCUT2D eigenvalue weighted by Crippen LogP contribution is -2.44. The number of piperazine rings is 1. The van der Waals surface area contributed by atoms with Crippen LogP contribution < -0.4 is 15.6 Å². The second-order valence-corrected chi connectivity index (χ2v) is 6.20. The molecule has 0 aliphatic carbocycles. The van der Waals surface area contributed by atoms with Gasteiger partial charge in [-0.15, -0.1) is 0 Å². The molecule has 0 atom stereocenters. The van der Waals surface area contributed by atoms with E-state index in [0.717, 1.165) is 13.1 Å². The Balaban J connectivity index is 2.12. The number of nitrogens with one attached hydrogen (secondary N) is 1. The Morgan fingerprint density at radius 3 is 2.73 bits per heavy atom. The number of fused-ring (bicyclic) bond motifs is 1. The van der Waals surface area contributed by atoms with E-state index in [0.29, 0.717) is 31.7 Å². The standard InChI is InChI=1S/C18H23FN4O3/c1-3-9-26-18(25)13-11-22(4-2)16-12(15(13)24)10-14(19)17(21-16)23-7-5-20-6-8-23/h10-11,20H,3-9H2,1-2H3. The topological polar surface area (TPSA) is 76.5 Å². The van der Waals surface area contributed by atoms with E-state index in [1.165, 1.54) is 12.3 Å². The first-order valence-corrected chi connectivity index (χ1v) is 8.93. The van der Waals surface area contributed by atoms with Crippen LogP contribution in [0.4, 0.5) is 10.2 Å². The summed E-state index contributed by atoms with van der Waals surface area (Å²) in [6.45, 7) is 7.27. The van der Waals surface area contributed by atoms with Gasteiger partial charge in [0.05, 0.1) is 12.0 Å². The molecule has 3 heterocycles. The van der Waals surface area contributed by atoms with E-state index >= 15 is 0 Å². The Hall–Kier alpha value is -2.48. The number of rotatable bonds is 5. The summed E-state index contributed by atoms with van der Waals surface area (Å²) < 4.78 is 21.4. The van der Waals surface area contributed by atoms with Crippen molar-refractivity contribution in [3.05, 3.63) is 33.9 Å². The molecule has 0 radical (unpaired) electrons. The van der Waals surface area contributed by atoms with Crippen LogP contribution in [-0.2, 0) is 11.3 Å². The van der Waals surface area contributed by atoms with E-state index in [4.69, 9.17) is 4.74 Å². The van der Waals surface area contributed by atoms with Crippen molar-refractivity contribution in [2.45, 2.75) is 26.8 Å². The first-order valence-electron chi connectivity index (χ1n) is 8.93. The number of aryl methyl sites for hydroxylation is 1. The van der Waals surface area contributed by atoms with E-state index < -0.39 is 17.2 Å². The molecule has 0 spiro atoms. The molecule has 3 rings (SSSR count). The minimum absolute atomic E-state index is 0.0918. The highest BCUT2D eigenvalue weighted by Crippen LogP contribution is 2.22. The lowest BCUT2D eigenvalue weighted by Gasteiger charge is -2.29. The average Bonchev–Trinajstić information content (AvgIpc) is 2.67. The highest BCUT2D eigenvalue weighted by molar-refractivity contribution is 5.93. The number of halogens is 1. The zero-order valence-electron chi connectivity index (χ0n) is 15.0. The summed E-state index contributed by atoms with van der Waals surface area (Å²) in [5.41, 5.74) is -0.271. The average molecular weight is 362 g/mol. The Labute approximate surface area is 150 Å². The third-order valence-corrected chi connectivity index (χ3v) is 4.40. The number of nitrogens with zero attached hydrogens (tertiary/aromatic N) is 3. The van der Waals surface area contributed by atoms with E-state index in [2.05, 4.69) is 10.3 Å². The molecular weight excluding hydrogens is 339 g/mol. The summed E-state index contributed by atoms with van der Waals surface area (Å²) in [6, 6.07) is 1.19. The Morgan fingerprint density at radius 1 is 1.35 bits per heavy atom. The third kappa shape index (κ3) is 3.41. The quantitative estimate of drug-likeness (QED) is 0.813. The maximum atomic E-state index is 14.7. The predicted octanol–water partition coefficient (Wildman–Crippen LogP) is 1.53. The Bertz CT molecular complexity index is 875. The van der Waals surface area contributed by atoms with Crippen molar-refractivity contribution in [2.24, 2.45) is 0 Å². The zero-order valence-corrected chi connectivity index (χ0v) is 15.0. The maximum Gasteiger partial charge on any atom is 0.343 e. The molecule has 0 aromatic carbocycles. The fourth-order valence-electron chi connectivity index (χ4n) is 3.03. The van der Waals surface area contributed by atoms with Crippen LogP contribution in [0, 0.1) is 5.82 Å². The van der Waals surface area contributed by atoms with Gasteiger partial charge in [-0.25, -0.2) is 14.2 Å². The van der Waals surface area contributed by atoms with Crippen molar-refractivity contribution in [2.75, 3.05) is 37.7 Å². The molecule has 2 aromatic heterocycles. The number of pyridine rings is 2. The van der Waals surface area contributed by atoms with Gasteiger partial charge in [0.1, 0.15) is 11.2 Å². The SMILES string of the molecule is CCCOC(=O)c1cn(CC)c2nc(N3CCNCC3)c(F)cc2c1=O. The monoisotopic (exact) mass is 362 g/mol. The number of ether oxygens (including phenoxy) is 1. The van der Waals surface area contributed by atoms with Crippen LogP contribution in [0.25, 0.3) is 11.0 Å². The van der Waals surface area contributed by atoms with Gasteiger partial charge in [0.15, 0.2) is 11.6 Å². The molecular formula is C18H23FN4O3. The van der Waals surface area contributed by atoms with Crippen LogP contribution in [-0.4, -0.2) is 48.3 Å². The van der Waals surface area contributed by atoms with E-state index in [1.54, 1.807) is 4.57 Å². The van der Waals surface area contributed by atoms with Crippen LogP contribution in [0.1, 0.15) is 30.6 Å². The van der Waals surface area contributed by atoms with Gasteiger partial charge in [0.2, 0.25) is 5.43 Å². The molecule has 1 aliphatic rings. The second kappa shape index (κ2) is 7.82. The van der Waals surface area contributed by atoms with Crippen LogP contribution in [0.5, 0.6) is 0 Å². The van der Waals surface area contributed by atoms with Crippen molar-refractivity contribution >= 4 is 22.8 Å².